The van der Waals surface area contributed by atoms with Gasteiger partial charge in [0.25, 0.3) is 0 Å². The minimum absolute atomic E-state index is 0.183. The Morgan fingerprint density at radius 1 is 1.40 bits per heavy atom. The van der Waals surface area contributed by atoms with Crippen LogP contribution in [0.2, 0.25) is 0 Å². The van der Waals surface area contributed by atoms with E-state index in [0.29, 0.717) is 11.3 Å². The van der Waals surface area contributed by atoms with Crippen LogP contribution in [0.4, 0.5) is 5.69 Å². The molecule has 0 spiro atoms. The maximum absolute atomic E-state index is 11.3. The second kappa shape index (κ2) is 4.93. The van der Waals surface area contributed by atoms with Crippen molar-refractivity contribution in [1.82, 2.24) is 0 Å². The number of carbonyl (C=O) groups excluding carboxylic acids is 2. The van der Waals surface area contributed by atoms with Gasteiger partial charge in [0.05, 0.1) is 5.56 Å². The van der Waals surface area contributed by atoms with Gasteiger partial charge in [0.2, 0.25) is 5.91 Å². The van der Waals surface area contributed by atoms with E-state index in [2.05, 4.69) is 25.4 Å². The zero-order valence-electron chi connectivity index (χ0n) is 8.33. The van der Waals surface area contributed by atoms with Crippen molar-refractivity contribution < 1.29 is 13.4 Å². The van der Waals surface area contributed by atoms with Crippen molar-refractivity contribution in [3.8, 4) is 0 Å². The average molecular weight is 272 g/mol. The highest BCUT2D eigenvalue weighted by Crippen LogP contribution is 2.17. The van der Waals surface area contributed by atoms with Crippen molar-refractivity contribution in [3.63, 3.8) is 0 Å². The first kappa shape index (κ1) is 11.7. The van der Waals surface area contributed by atoms with Crippen LogP contribution in [0.25, 0.3) is 0 Å². The summed E-state index contributed by atoms with van der Waals surface area (Å²) in [5.41, 5.74) is 1.77. The molecule has 80 valence electrons. The van der Waals surface area contributed by atoms with E-state index in [1.54, 1.807) is 25.1 Å². The Labute approximate surface area is 96.1 Å². The number of carbonyl (C=O) groups is 2. The van der Waals surface area contributed by atoms with Crippen LogP contribution in [-0.4, -0.2) is 11.9 Å². The molecular weight excluding hydrogens is 262 g/mol. The van der Waals surface area contributed by atoms with Crippen LogP contribution in [-0.2, 0) is 8.62 Å². The van der Waals surface area contributed by atoms with E-state index in [9.17, 15) is 9.59 Å². The van der Waals surface area contributed by atoms with Gasteiger partial charge in [-0.3, -0.25) is 4.79 Å². The normalized spacial score (nSPS) is 9.53. The molecule has 0 aliphatic rings. The molecule has 0 bridgehead atoms. The third-order valence-electron chi connectivity index (χ3n) is 1.85. The molecule has 15 heavy (non-hydrogen) atoms. The number of nitrogens with one attached hydrogen (secondary N) is 1. The van der Waals surface area contributed by atoms with Crippen molar-refractivity contribution in [2.24, 2.45) is 0 Å². The number of halogens is 1. The van der Waals surface area contributed by atoms with Gasteiger partial charge in [-0.05, 0) is 24.6 Å². The predicted molar refractivity (Wildman–Crippen MR) is 59.8 cm³/mol. The Balaban J connectivity index is 3.05. The summed E-state index contributed by atoms with van der Waals surface area (Å²) >= 11 is 2.62. The summed E-state index contributed by atoms with van der Waals surface area (Å²) < 4.78 is 4.44. The third kappa shape index (κ3) is 3.06. The maximum Gasteiger partial charge on any atom is 0.349 e. The molecule has 1 amide bonds. The number of hydrogen-bond acceptors (Lipinski definition) is 3. The largest absolute Gasteiger partial charge is 0.380 e. The van der Waals surface area contributed by atoms with Gasteiger partial charge in [0.15, 0.2) is 16.3 Å². The minimum atomic E-state index is -0.486. The molecule has 0 saturated carbocycles. The van der Waals surface area contributed by atoms with Crippen LogP contribution < -0.4 is 5.32 Å². The summed E-state index contributed by atoms with van der Waals surface area (Å²) in [6, 6.07) is 5.03. The molecule has 0 heterocycles. The summed E-state index contributed by atoms with van der Waals surface area (Å²) in [5.74, 6) is -0.670. The Bertz CT molecular complexity index is 404. The highest BCUT2D eigenvalue weighted by Gasteiger charge is 2.10. The molecule has 1 N–H and O–H groups in total. The lowest BCUT2D eigenvalue weighted by molar-refractivity contribution is -0.114. The minimum Gasteiger partial charge on any atom is -0.380 e. The molecule has 0 fully saturated rings. The topological polar surface area (TPSA) is 55.4 Å². The van der Waals surface area contributed by atoms with Crippen LogP contribution in [0.5, 0.6) is 0 Å². The summed E-state index contributed by atoms with van der Waals surface area (Å²) in [5, 5.41) is 2.59. The van der Waals surface area contributed by atoms with E-state index < -0.39 is 5.97 Å². The first-order chi connectivity index (χ1) is 7.04. The Morgan fingerprint density at radius 3 is 2.60 bits per heavy atom. The summed E-state index contributed by atoms with van der Waals surface area (Å²) in [6.45, 7) is 3.19. The van der Waals surface area contributed by atoms with Crippen molar-refractivity contribution in [1.29, 1.82) is 0 Å². The first-order valence-electron chi connectivity index (χ1n) is 4.25. The van der Waals surface area contributed by atoms with E-state index >= 15 is 0 Å². The number of anilines is 1. The fourth-order valence-corrected chi connectivity index (χ4v) is 1.34. The highest BCUT2D eigenvalue weighted by molar-refractivity contribution is 9.06. The molecular formula is C10H10BrNO3. The fraction of sp³-hybridized carbons (Fsp3) is 0.200. The second-order valence-corrected chi connectivity index (χ2v) is 3.40. The van der Waals surface area contributed by atoms with Crippen LogP contribution in [0.3, 0.4) is 0 Å². The van der Waals surface area contributed by atoms with Gasteiger partial charge in [0, 0.05) is 12.6 Å². The van der Waals surface area contributed by atoms with Gasteiger partial charge in [-0.2, -0.15) is 0 Å². The zero-order chi connectivity index (χ0) is 11.4. The number of hydrogen-bond donors (Lipinski definition) is 1. The molecule has 0 aromatic heterocycles. The van der Waals surface area contributed by atoms with Gasteiger partial charge in [-0.1, -0.05) is 6.07 Å². The van der Waals surface area contributed by atoms with Crippen molar-refractivity contribution in [3.05, 3.63) is 29.3 Å². The molecule has 0 radical (unpaired) electrons. The third-order valence-corrected chi connectivity index (χ3v) is 2.14. The van der Waals surface area contributed by atoms with Crippen LogP contribution in [0.1, 0.15) is 22.8 Å². The van der Waals surface area contributed by atoms with Crippen molar-refractivity contribution >= 4 is 33.8 Å². The maximum atomic E-state index is 11.3. The summed E-state index contributed by atoms with van der Waals surface area (Å²) in [4.78, 5) is 22.1. The van der Waals surface area contributed by atoms with E-state index in [0.717, 1.165) is 5.56 Å². The van der Waals surface area contributed by atoms with Gasteiger partial charge in [-0.15, -0.1) is 0 Å². The lowest BCUT2D eigenvalue weighted by Crippen LogP contribution is -2.08. The number of amides is 1. The standard InChI is InChI=1S/C10H10BrNO3/c1-6-3-4-8(12-7(2)13)5-9(6)10(14)15-11/h3-5H,1-2H3,(H,12,13). The van der Waals surface area contributed by atoms with E-state index in [1.807, 2.05) is 0 Å². The molecule has 0 aliphatic heterocycles. The summed E-state index contributed by atoms with van der Waals surface area (Å²) in [7, 11) is 0. The Kier molecular flexibility index (Phi) is 3.85. The molecule has 1 aromatic rings. The molecule has 5 heteroatoms. The summed E-state index contributed by atoms with van der Waals surface area (Å²) in [6.07, 6.45) is 0. The van der Waals surface area contributed by atoms with E-state index in [4.69, 9.17) is 0 Å². The van der Waals surface area contributed by atoms with Crippen LogP contribution in [0.15, 0.2) is 18.2 Å². The molecule has 1 rings (SSSR count). The van der Waals surface area contributed by atoms with E-state index in [-0.39, 0.29) is 5.91 Å². The number of benzene rings is 1. The molecule has 1 aromatic carbocycles. The van der Waals surface area contributed by atoms with Crippen molar-refractivity contribution in [2.45, 2.75) is 13.8 Å². The monoisotopic (exact) mass is 271 g/mol. The van der Waals surface area contributed by atoms with Gasteiger partial charge in [0.1, 0.15) is 0 Å². The average Bonchev–Trinajstić information content (AvgIpc) is 2.19. The predicted octanol–water partition coefficient (Wildman–Crippen LogP) is 2.42. The van der Waals surface area contributed by atoms with Gasteiger partial charge in [-0.25, -0.2) is 4.79 Å². The zero-order valence-corrected chi connectivity index (χ0v) is 9.92. The Hall–Kier alpha value is -1.36. The quantitative estimate of drug-likeness (QED) is 0.899. The molecule has 0 unspecified atom stereocenters. The smallest absolute Gasteiger partial charge is 0.349 e. The lowest BCUT2D eigenvalue weighted by atomic mass is 10.1. The lowest BCUT2D eigenvalue weighted by Gasteiger charge is -2.06. The van der Waals surface area contributed by atoms with E-state index in [1.165, 1.54) is 6.92 Å². The van der Waals surface area contributed by atoms with Gasteiger partial charge < -0.3 is 9.15 Å². The van der Waals surface area contributed by atoms with Gasteiger partial charge >= 0.3 is 5.97 Å². The van der Waals surface area contributed by atoms with Crippen LogP contribution >= 0.6 is 16.3 Å². The van der Waals surface area contributed by atoms with Crippen LogP contribution in [0, 0.1) is 6.92 Å². The SMILES string of the molecule is CC(=O)Nc1ccc(C)c(C(=O)OBr)c1. The first-order valence-corrected chi connectivity index (χ1v) is 4.90. The second-order valence-electron chi connectivity index (χ2n) is 3.08. The molecule has 4 nitrogen and oxygen atoms in total. The Morgan fingerprint density at radius 2 is 2.07 bits per heavy atom. The molecule has 0 aliphatic carbocycles. The van der Waals surface area contributed by atoms with Crippen molar-refractivity contribution in [2.75, 3.05) is 5.32 Å². The highest BCUT2D eigenvalue weighted by atomic mass is 79.9. The fourth-order valence-electron chi connectivity index (χ4n) is 1.16. The molecule has 0 saturated heterocycles. The number of aryl methyl sites for hydroxylation is 1. The molecule has 0 atom stereocenters. The number of rotatable bonds is 2.